The van der Waals surface area contributed by atoms with Gasteiger partial charge in [-0.25, -0.2) is 0 Å². The Morgan fingerprint density at radius 2 is 1.53 bits per heavy atom. The molecule has 0 spiro atoms. The molecular formula is C12H28ClNSi. The molecule has 0 aromatic rings. The normalized spacial score (nSPS) is 12.4. The van der Waals surface area contributed by atoms with Crippen molar-refractivity contribution in [3.63, 3.8) is 0 Å². The van der Waals surface area contributed by atoms with Crippen molar-refractivity contribution in [1.29, 1.82) is 0 Å². The highest BCUT2D eigenvalue weighted by Crippen LogP contribution is 2.26. The van der Waals surface area contributed by atoms with Crippen LogP contribution in [-0.4, -0.2) is 39.0 Å². The van der Waals surface area contributed by atoms with E-state index in [1.807, 2.05) is 0 Å². The van der Waals surface area contributed by atoms with Gasteiger partial charge in [0.1, 0.15) is 0 Å². The summed E-state index contributed by atoms with van der Waals surface area (Å²) in [5.74, 6) is 0.758. The third-order valence-electron chi connectivity index (χ3n) is 3.96. The Labute approximate surface area is 102 Å². The van der Waals surface area contributed by atoms with Crippen molar-refractivity contribution in [3.8, 4) is 0 Å². The Morgan fingerprint density at radius 3 is 1.93 bits per heavy atom. The fraction of sp³-hybridized carbons (Fsp3) is 1.00. The van der Waals surface area contributed by atoms with Gasteiger partial charge in [-0.05, 0) is 20.0 Å². The Kier molecular flexibility index (Phi) is 8.87. The van der Waals surface area contributed by atoms with Crippen molar-refractivity contribution in [2.45, 2.75) is 51.4 Å². The SMILES string of the molecule is CC[Si](CC)(CC)CCCN(C)CCCl. The smallest absolute Gasteiger partial charge is 0.0528 e. The molecule has 0 saturated heterocycles. The van der Waals surface area contributed by atoms with E-state index in [2.05, 4.69) is 32.7 Å². The summed E-state index contributed by atoms with van der Waals surface area (Å²) in [6.45, 7) is 9.42. The van der Waals surface area contributed by atoms with Crippen molar-refractivity contribution in [1.82, 2.24) is 4.90 Å². The van der Waals surface area contributed by atoms with E-state index in [0.717, 1.165) is 12.4 Å². The van der Waals surface area contributed by atoms with Crippen LogP contribution in [0.15, 0.2) is 0 Å². The second-order valence-electron chi connectivity index (χ2n) is 4.66. The summed E-state index contributed by atoms with van der Waals surface area (Å²) in [7, 11) is 1.31. The Morgan fingerprint density at radius 1 is 1.00 bits per heavy atom. The zero-order valence-electron chi connectivity index (χ0n) is 11.0. The highest BCUT2D eigenvalue weighted by atomic mass is 35.5. The first-order valence-corrected chi connectivity index (χ1v) is 9.75. The number of hydrogen-bond acceptors (Lipinski definition) is 1. The first-order chi connectivity index (χ1) is 7.14. The molecule has 0 radical (unpaired) electrons. The molecule has 1 nitrogen and oxygen atoms in total. The van der Waals surface area contributed by atoms with Gasteiger partial charge in [-0.15, -0.1) is 11.6 Å². The highest BCUT2D eigenvalue weighted by molar-refractivity contribution is 6.79. The van der Waals surface area contributed by atoms with E-state index in [9.17, 15) is 0 Å². The average molecular weight is 250 g/mol. The summed E-state index contributed by atoms with van der Waals surface area (Å²) in [6, 6.07) is 5.88. The van der Waals surface area contributed by atoms with Gasteiger partial charge in [-0.2, -0.15) is 0 Å². The van der Waals surface area contributed by atoms with Crippen LogP contribution in [0.4, 0.5) is 0 Å². The molecule has 0 aromatic heterocycles. The lowest BCUT2D eigenvalue weighted by Crippen LogP contribution is -2.32. The van der Waals surface area contributed by atoms with Crippen molar-refractivity contribution >= 4 is 19.7 Å². The third kappa shape index (κ3) is 5.93. The first-order valence-electron chi connectivity index (χ1n) is 6.38. The van der Waals surface area contributed by atoms with E-state index in [4.69, 9.17) is 11.6 Å². The molecule has 0 fully saturated rings. The van der Waals surface area contributed by atoms with Crippen LogP contribution in [0.25, 0.3) is 0 Å². The molecule has 0 aliphatic heterocycles. The van der Waals surface area contributed by atoms with Crippen LogP contribution < -0.4 is 0 Å². The van der Waals surface area contributed by atoms with Gasteiger partial charge in [-0.1, -0.05) is 44.9 Å². The third-order valence-corrected chi connectivity index (χ3v) is 10.0. The van der Waals surface area contributed by atoms with E-state index in [0.29, 0.717) is 0 Å². The van der Waals surface area contributed by atoms with E-state index in [1.54, 1.807) is 0 Å². The minimum atomic E-state index is -0.867. The minimum Gasteiger partial charge on any atom is -0.305 e. The molecule has 0 rings (SSSR count). The topological polar surface area (TPSA) is 3.24 Å². The van der Waals surface area contributed by atoms with Gasteiger partial charge in [0.15, 0.2) is 0 Å². The van der Waals surface area contributed by atoms with Gasteiger partial charge in [0.2, 0.25) is 0 Å². The lowest BCUT2D eigenvalue weighted by atomic mass is 10.4. The van der Waals surface area contributed by atoms with Crippen LogP contribution in [0.3, 0.4) is 0 Å². The zero-order valence-corrected chi connectivity index (χ0v) is 12.7. The second kappa shape index (κ2) is 8.60. The number of hydrogen-bond donors (Lipinski definition) is 0. The molecule has 0 atom stereocenters. The maximum absolute atomic E-state index is 5.71. The lowest BCUT2D eigenvalue weighted by Gasteiger charge is -2.29. The van der Waals surface area contributed by atoms with E-state index >= 15 is 0 Å². The van der Waals surface area contributed by atoms with Crippen LogP contribution in [0.2, 0.25) is 24.2 Å². The molecule has 92 valence electrons. The summed E-state index contributed by atoms with van der Waals surface area (Å²) in [4.78, 5) is 2.35. The van der Waals surface area contributed by atoms with Crippen molar-refractivity contribution in [2.24, 2.45) is 0 Å². The van der Waals surface area contributed by atoms with Gasteiger partial charge in [0.25, 0.3) is 0 Å². The van der Waals surface area contributed by atoms with Crippen LogP contribution in [0, 0.1) is 0 Å². The maximum atomic E-state index is 5.71. The molecule has 0 unspecified atom stereocenters. The lowest BCUT2D eigenvalue weighted by molar-refractivity contribution is 0.354. The predicted octanol–water partition coefficient (Wildman–Crippen LogP) is 4.06. The fourth-order valence-corrected chi connectivity index (χ4v) is 6.02. The number of rotatable bonds is 9. The van der Waals surface area contributed by atoms with E-state index in [1.165, 1.54) is 37.1 Å². The van der Waals surface area contributed by atoms with Gasteiger partial charge in [-0.3, -0.25) is 0 Å². The van der Waals surface area contributed by atoms with E-state index < -0.39 is 8.07 Å². The second-order valence-corrected chi connectivity index (χ2v) is 10.7. The highest BCUT2D eigenvalue weighted by Gasteiger charge is 2.25. The molecule has 0 aromatic carbocycles. The average Bonchev–Trinajstić information content (AvgIpc) is 2.25. The van der Waals surface area contributed by atoms with Crippen LogP contribution >= 0.6 is 11.6 Å². The van der Waals surface area contributed by atoms with Crippen molar-refractivity contribution in [2.75, 3.05) is 26.0 Å². The summed E-state index contributed by atoms with van der Waals surface area (Å²) < 4.78 is 0. The van der Waals surface area contributed by atoms with E-state index in [-0.39, 0.29) is 0 Å². The molecule has 0 N–H and O–H groups in total. The molecule has 0 aliphatic rings. The van der Waals surface area contributed by atoms with Crippen LogP contribution in [0.1, 0.15) is 27.2 Å². The van der Waals surface area contributed by atoms with Crippen molar-refractivity contribution < 1.29 is 0 Å². The summed E-state index contributed by atoms with van der Waals surface area (Å²) >= 11 is 5.71. The Balaban J connectivity index is 3.80. The molecular weight excluding hydrogens is 222 g/mol. The first kappa shape index (κ1) is 15.5. The molecule has 15 heavy (non-hydrogen) atoms. The van der Waals surface area contributed by atoms with Crippen molar-refractivity contribution in [3.05, 3.63) is 0 Å². The molecule has 0 saturated carbocycles. The standard InChI is InChI=1S/C12H28ClNSi/c1-5-15(6-2,7-3)12-8-10-14(4)11-9-13/h5-12H2,1-4H3. The van der Waals surface area contributed by atoms with Crippen LogP contribution in [-0.2, 0) is 0 Å². The predicted molar refractivity (Wildman–Crippen MR) is 74.8 cm³/mol. The molecule has 0 amide bonds. The van der Waals surface area contributed by atoms with Gasteiger partial charge < -0.3 is 4.90 Å². The van der Waals surface area contributed by atoms with Gasteiger partial charge in [0, 0.05) is 12.4 Å². The largest absolute Gasteiger partial charge is 0.305 e. The number of halogens is 1. The fourth-order valence-electron chi connectivity index (χ4n) is 2.26. The number of alkyl halides is 1. The molecule has 0 bridgehead atoms. The molecule has 0 heterocycles. The maximum Gasteiger partial charge on any atom is 0.0528 e. The summed E-state index contributed by atoms with van der Waals surface area (Å²) in [6.07, 6.45) is 1.37. The minimum absolute atomic E-state index is 0.758. The van der Waals surface area contributed by atoms with Gasteiger partial charge >= 0.3 is 0 Å². The quantitative estimate of drug-likeness (QED) is 0.440. The number of nitrogens with zero attached hydrogens (tertiary/aromatic N) is 1. The Hall–Kier alpha value is 0.467. The summed E-state index contributed by atoms with van der Waals surface area (Å²) in [5, 5.41) is 0. The van der Waals surface area contributed by atoms with Crippen LogP contribution in [0.5, 0.6) is 0 Å². The van der Waals surface area contributed by atoms with Gasteiger partial charge in [0.05, 0.1) is 8.07 Å². The molecule has 3 heteroatoms. The monoisotopic (exact) mass is 249 g/mol. The Bertz CT molecular complexity index is 140. The summed E-state index contributed by atoms with van der Waals surface area (Å²) in [5.41, 5.74) is 0. The zero-order chi connectivity index (χ0) is 11.7. The molecule has 0 aliphatic carbocycles.